The molecule has 144 valence electrons. The van der Waals surface area contributed by atoms with Crippen LogP contribution in [0.15, 0.2) is 12.2 Å². The van der Waals surface area contributed by atoms with Gasteiger partial charge >= 0.3 is 11.9 Å². The quantitative estimate of drug-likeness (QED) is 0.345. The summed E-state index contributed by atoms with van der Waals surface area (Å²) in [5.41, 5.74) is 0.0753. The highest BCUT2D eigenvalue weighted by Crippen LogP contribution is 2.42. The third kappa shape index (κ3) is 6.57. The van der Waals surface area contributed by atoms with E-state index < -0.39 is 18.0 Å². The average Bonchev–Trinajstić information content (AvgIpc) is 3.29. The minimum absolute atomic E-state index is 0.0753. The van der Waals surface area contributed by atoms with E-state index in [1.807, 2.05) is 6.92 Å². The Morgan fingerprint density at radius 3 is 2.65 bits per heavy atom. The Balaban J connectivity index is 1.73. The summed E-state index contributed by atoms with van der Waals surface area (Å²) in [7, 11) is 0. The van der Waals surface area contributed by atoms with Crippen LogP contribution < -0.4 is 0 Å². The summed E-state index contributed by atoms with van der Waals surface area (Å²) < 4.78 is 10.8. The van der Waals surface area contributed by atoms with E-state index in [-0.39, 0.29) is 24.0 Å². The van der Waals surface area contributed by atoms with E-state index in [1.54, 1.807) is 0 Å². The Bertz CT molecular complexity index is 598. The van der Waals surface area contributed by atoms with E-state index in [9.17, 15) is 9.59 Å². The number of tetrazole rings is 1. The molecule has 2 rings (SSSR count). The number of aromatic amines is 1. The molecule has 8 heteroatoms. The highest BCUT2D eigenvalue weighted by Gasteiger charge is 2.38. The number of carbonyl (C=O) groups is 2. The van der Waals surface area contributed by atoms with Gasteiger partial charge in [0.2, 0.25) is 0 Å². The maximum absolute atomic E-state index is 12.2. The molecule has 1 saturated carbocycles. The lowest BCUT2D eigenvalue weighted by Gasteiger charge is -2.16. The van der Waals surface area contributed by atoms with Gasteiger partial charge in [0.05, 0.1) is 12.5 Å². The molecule has 1 aliphatic carbocycles. The molecular weight excluding hydrogens is 336 g/mol. The summed E-state index contributed by atoms with van der Waals surface area (Å²) in [4.78, 5) is 24.2. The monoisotopic (exact) mass is 364 g/mol. The topological polar surface area (TPSA) is 107 Å². The minimum atomic E-state index is -0.620. The number of hydrogen-bond donors (Lipinski definition) is 1. The van der Waals surface area contributed by atoms with Crippen molar-refractivity contribution in [3.8, 4) is 0 Å². The molecular formula is C18H28N4O4. The Morgan fingerprint density at radius 1 is 1.27 bits per heavy atom. The van der Waals surface area contributed by atoms with Crippen molar-refractivity contribution >= 4 is 11.9 Å². The third-order valence-electron chi connectivity index (χ3n) is 4.36. The first-order valence-electron chi connectivity index (χ1n) is 9.33. The maximum Gasteiger partial charge on any atom is 0.334 e. The molecule has 8 nitrogen and oxygen atoms in total. The van der Waals surface area contributed by atoms with Crippen molar-refractivity contribution in [3.05, 3.63) is 18.0 Å². The maximum atomic E-state index is 12.2. The molecule has 0 amide bonds. The highest BCUT2D eigenvalue weighted by molar-refractivity contribution is 5.93. The number of aromatic nitrogens is 4. The first-order chi connectivity index (χ1) is 12.5. The Labute approximate surface area is 153 Å². The lowest BCUT2D eigenvalue weighted by molar-refractivity contribution is -0.152. The summed E-state index contributed by atoms with van der Waals surface area (Å²) in [6, 6.07) is 0. The normalized spacial score (nSPS) is 15.9. The average molecular weight is 364 g/mol. The molecule has 0 spiro atoms. The molecule has 1 unspecified atom stereocenters. The summed E-state index contributed by atoms with van der Waals surface area (Å²) >= 11 is 0. The van der Waals surface area contributed by atoms with Crippen LogP contribution in [0.1, 0.15) is 77.1 Å². The van der Waals surface area contributed by atoms with Crippen LogP contribution in [0.5, 0.6) is 0 Å². The van der Waals surface area contributed by atoms with E-state index in [2.05, 4.69) is 34.1 Å². The Kier molecular flexibility index (Phi) is 7.74. The molecule has 1 fully saturated rings. The number of unbranched alkanes of at least 4 members (excludes halogenated alkanes) is 3. The number of rotatable bonds is 12. The fourth-order valence-electron chi connectivity index (χ4n) is 2.69. The van der Waals surface area contributed by atoms with Gasteiger partial charge in [-0.15, -0.1) is 5.10 Å². The van der Waals surface area contributed by atoms with Crippen molar-refractivity contribution in [2.45, 2.75) is 77.4 Å². The number of H-pyrrole nitrogens is 1. The Morgan fingerprint density at radius 2 is 2.04 bits per heavy atom. The number of carbonyl (C=O) groups excluding carboxylic acids is 2. The second kappa shape index (κ2) is 10.0. The number of nitrogens with one attached hydrogen (secondary N) is 1. The molecule has 0 radical (unpaired) electrons. The van der Waals surface area contributed by atoms with Gasteiger partial charge in [0, 0.05) is 11.5 Å². The number of nitrogens with zero attached hydrogens (tertiary/aromatic N) is 3. The van der Waals surface area contributed by atoms with Gasteiger partial charge in [0.25, 0.3) is 0 Å². The van der Waals surface area contributed by atoms with Gasteiger partial charge in [-0.1, -0.05) is 32.8 Å². The van der Waals surface area contributed by atoms with Gasteiger partial charge < -0.3 is 9.47 Å². The molecule has 1 aliphatic rings. The van der Waals surface area contributed by atoms with E-state index in [1.165, 1.54) is 12.8 Å². The van der Waals surface area contributed by atoms with E-state index in [0.717, 1.165) is 32.1 Å². The molecule has 1 heterocycles. The first kappa shape index (κ1) is 20.1. The van der Waals surface area contributed by atoms with Gasteiger partial charge in [-0.3, -0.25) is 4.79 Å². The number of esters is 2. The lowest BCUT2D eigenvalue weighted by Crippen LogP contribution is -2.20. The molecule has 26 heavy (non-hydrogen) atoms. The van der Waals surface area contributed by atoms with Crippen LogP contribution in [0.4, 0.5) is 0 Å². The SMILES string of the molecule is C=C(CC(=O)O[C@@H](C)CCCCCC)C(=O)OC(c1nnn[nH]1)C1CC1. The number of hydrogen-bond acceptors (Lipinski definition) is 7. The van der Waals surface area contributed by atoms with Crippen molar-refractivity contribution in [3.63, 3.8) is 0 Å². The second-order valence-corrected chi connectivity index (χ2v) is 6.88. The van der Waals surface area contributed by atoms with Gasteiger partial charge in [0.1, 0.15) is 0 Å². The van der Waals surface area contributed by atoms with Crippen LogP contribution in [0.25, 0.3) is 0 Å². The zero-order valence-electron chi connectivity index (χ0n) is 15.6. The minimum Gasteiger partial charge on any atom is -0.462 e. The van der Waals surface area contributed by atoms with Crippen molar-refractivity contribution in [1.29, 1.82) is 0 Å². The predicted octanol–water partition coefficient (Wildman–Crippen LogP) is 3.04. The zero-order valence-corrected chi connectivity index (χ0v) is 15.6. The van der Waals surface area contributed by atoms with Gasteiger partial charge in [-0.25, -0.2) is 9.89 Å². The molecule has 0 bridgehead atoms. The number of ether oxygens (including phenoxy) is 2. The molecule has 1 aromatic heterocycles. The summed E-state index contributed by atoms with van der Waals surface area (Å²) in [6.45, 7) is 7.68. The van der Waals surface area contributed by atoms with E-state index in [0.29, 0.717) is 5.82 Å². The smallest absolute Gasteiger partial charge is 0.334 e. The summed E-state index contributed by atoms with van der Waals surface area (Å²) in [5, 5.41) is 13.5. The summed E-state index contributed by atoms with van der Waals surface area (Å²) in [5.74, 6) is -0.460. The van der Waals surface area contributed by atoms with Crippen LogP contribution in [0, 0.1) is 5.92 Å². The summed E-state index contributed by atoms with van der Waals surface area (Å²) in [6.07, 6.45) is 6.37. The molecule has 1 aromatic rings. The predicted molar refractivity (Wildman–Crippen MR) is 93.8 cm³/mol. The van der Waals surface area contributed by atoms with Crippen LogP contribution in [0.2, 0.25) is 0 Å². The molecule has 1 N–H and O–H groups in total. The fourth-order valence-corrected chi connectivity index (χ4v) is 2.69. The van der Waals surface area contributed by atoms with Crippen molar-refractivity contribution in [1.82, 2.24) is 20.6 Å². The zero-order chi connectivity index (χ0) is 18.9. The molecule has 2 atom stereocenters. The van der Waals surface area contributed by atoms with Crippen LogP contribution >= 0.6 is 0 Å². The molecule has 0 saturated heterocycles. The second-order valence-electron chi connectivity index (χ2n) is 6.88. The highest BCUT2D eigenvalue weighted by atomic mass is 16.6. The van der Waals surface area contributed by atoms with Crippen LogP contribution in [-0.2, 0) is 19.1 Å². The van der Waals surface area contributed by atoms with Gasteiger partial charge in [0.15, 0.2) is 11.9 Å². The van der Waals surface area contributed by atoms with Crippen LogP contribution in [0.3, 0.4) is 0 Å². The van der Waals surface area contributed by atoms with Crippen molar-refractivity contribution in [2.24, 2.45) is 5.92 Å². The van der Waals surface area contributed by atoms with Crippen molar-refractivity contribution < 1.29 is 19.1 Å². The van der Waals surface area contributed by atoms with E-state index >= 15 is 0 Å². The van der Waals surface area contributed by atoms with Crippen LogP contribution in [-0.4, -0.2) is 38.7 Å². The first-order valence-corrected chi connectivity index (χ1v) is 9.33. The third-order valence-corrected chi connectivity index (χ3v) is 4.36. The standard InChI is InChI=1S/C18H28N4O4/c1-4-5-6-7-8-13(3)25-15(23)11-12(2)18(24)26-16(14-9-10-14)17-19-21-22-20-17/h13-14,16H,2,4-11H2,1,3H3,(H,19,20,21,22)/t13-,16?/m0/s1. The lowest BCUT2D eigenvalue weighted by atomic mass is 10.1. The molecule has 0 aliphatic heterocycles. The largest absolute Gasteiger partial charge is 0.462 e. The Hall–Kier alpha value is -2.25. The van der Waals surface area contributed by atoms with E-state index in [4.69, 9.17) is 9.47 Å². The molecule has 0 aromatic carbocycles. The fraction of sp³-hybridized carbons (Fsp3) is 0.722. The van der Waals surface area contributed by atoms with Crippen molar-refractivity contribution in [2.75, 3.05) is 0 Å². The van der Waals surface area contributed by atoms with Gasteiger partial charge in [-0.05, 0) is 43.0 Å². The van der Waals surface area contributed by atoms with Gasteiger partial charge in [-0.2, -0.15) is 0 Å².